The fraction of sp³-hybridized carbons (Fsp3) is 0.750. The van der Waals surface area contributed by atoms with Crippen molar-refractivity contribution in [1.82, 2.24) is 9.78 Å². The molecule has 4 heteroatoms. The second kappa shape index (κ2) is 6.66. The number of aryl methyl sites for hydroxylation is 2. The molecule has 1 atom stereocenters. The minimum absolute atomic E-state index is 0.428. The Bertz CT molecular complexity index is 310. The third-order valence-corrected chi connectivity index (χ3v) is 2.69. The lowest BCUT2D eigenvalue weighted by Crippen LogP contribution is -2.08. The second-order valence-electron chi connectivity index (χ2n) is 3.88. The fourth-order valence-corrected chi connectivity index (χ4v) is 1.75. The molecule has 1 aromatic heterocycles. The lowest BCUT2D eigenvalue weighted by atomic mass is 10.1. The summed E-state index contributed by atoms with van der Waals surface area (Å²) >= 11 is 0. The first-order chi connectivity index (χ1) is 7.72. The van der Waals surface area contributed by atoms with Crippen LogP contribution in [0.2, 0.25) is 0 Å². The molecule has 0 aromatic carbocycles. The number of aromatic nitrogens is 2. The number of ether oxygens (including phenoxy) is 1. The van der Waals surface area contributed by atoms with Crippen LogP contribution in [0.4, 0.5) is 0 Å². The molecule has 0 aliphatic heterocycles. The van der Waals surface area contributed by atoms with Gasteiger partial charge in [0.2, 0.25) is 0 Å². The summed E-state index contributed by atoms with van der Waals surface area (Å²) in [6.45, 7) is 5.61. The Labute approximate surface area is 97.2 Å². The molecule has 0 saturated carbocycles. The first kappa shape index (κ1) is 13.2. The predicted molar refractivity (Wildman–Crippen MR) is 63.3 cm³/mol. The summed E-state index contributed by atoms with van der Waals surface area (Å²) in [4.78, 5) is 0. The van der Waals surface area contributed by atoms with E-state index in [-0.39, 0.29) is 0 Å². The van der Waals surface area contributed by atoms with Crippen molar-refractivity contribution >= 4 is 0 Å². The largest absolute Gasteiger partial charge is 0.387 e. The van der Waals surface area contributed by atoms with Gasteiger partial charge in [0.1, 0.15) is 0 Å². The average Bonchev–Trinajstić information content (AvgIpc) is 2.72. The number of nitrogens with zero attached hydrogens (tertiary/aromatic N) is 2. The molecule has 0 saturated heterocycles. The van der Waals surface area contributed by atoms with Crippen LogP contribution in [-0.4, -0.2) is 28.6 Å². The highest BCUT2D eigenvalue weighted by atomic mass is 16.5. The standard InChI is InChI=1S/C12H22N2O2/c1-4-10-9-11(14(5-2)13-10)12(15)7-6-8-16-3/h9,12,15H,4-8H2,1-3H3. The van der Waals surface area contributed by atoms with E-state index in [2.05, 4.69) is 12.0 Å². The molecule has 1 rings (SSSR count). The number of methoxy groups -OCH3 is 1. The van der Waals surface area contributed by atoms with Crippen LogP contribution in [0.5, 0.6) is 0 Å². The van der Waals surface area contributed by atoms with Gasteiger partial charge in [-0.3, -0.25) is 4.68 Å². The molecular weight excluding hydrogens is 204 g/mol. The number of aliphatic hydroxyl groups is 1. The quantitative estimate of drug-likeness (QED) is 0.723. The van der Waals surface area contributed by atoms with Gasteiger partial charge in [0.05, 0.1) is 17.5 Å². The SMILES string of the molecule is CCc1cc(C(O)CCCOC)n(CC)n1. The molecule has 0 fully saturated rings. The predicted octanol–water partition coefficient (Wildman–Crippen LogP) is 1.93. The van der Waals surface area contributed by atoms with E-state index >= 15 is 0 Å². The van der Waals surface area contributed by atoms with Crippen LogP contribution in [0.3, 0.4) is 0 Å². The highest BCUT2D eigenvalue weighted by Gasteiger charge is 2.14. The zero-order valence-electron chi connectivity index (χ0n) is 10.4. The smallest absolute Gasteiger partial charge is 0.0957 e. The molecule has 16 heavy (non-hydrogen) atoms. The van der Waals surface area contributed by atoms with Crippen molar-refractivity contribution in [1.29, 1.82) is 0 Å². The van der Waals surface area contributed by atoms with E-state index in [1.807, 2.05) is 17.7 Å². The van der Waals surface area contributed by atoms with E-state index in [9.17, 15) is 5.11 Å². The molecule has 1 heterocycles. The van der Waals surface area contributed by atoms with Crippen molar-refractivity contribution < 1.29 is 9.84 Å². The molecule has 1 N–H and O–H groups in total. The molecule has 92 valence electrons. The Morgan fingerprint density at radius 2 is 2.25 bits per heavy atom. The average molecular weight is 226 g/mol. The maximum Gasteiger partial charge on any atom is 0.0957 e. The van der Waals surface area contributed by atoms with Crippen LogP contribution in [0.1, 0.15) is 44.2 Å². The summed E-state index contributed by atoms with van der Waals surface area (Å²) in [5.74, 6) is 0. The normalized spacial score (nSPS) is 13.0. The van der Waals surface area contributed by atoms with Gasteiger partial charge < -0.3 is 9.84 Å². The monoisotopic (exact) mass is 226 g/mol. The van der Waals surface area contributed by atoms with E-state index < -0.39 is 6.10 Å². The van der Waals surface area contributed by atoms with Crippen LogP contribution in [0.25, 0.3) is 0 Å². The maximum absolute atomic E-state index is 10.1. The number of hydrogen-bond acceptors (Lipinski definition) is 3. The zero-order valence-corrected chi connectivity index (χ0v) is 10.4. The molecular formula is C12H22N2O2. The lowest BCUT2D eigenvalue weighted by molar-refractivity contribution is 0.129. The van der Waals surface area contributed by atoms with Crippen LogP contribution in [0, 0.1) is 0 Å². The molecule has 0 aliphatic rings. The summed E-state index contributed by atoms with van der Waals surface area (Å²) in [6, 6.07) is 2.00. The van der Waals surface area contributed by atoms with Crippen molar-refractivity contribution in [2.75, 3.05) is 13.7 Å². The van der Waals surface area contributed by atoms with Gasteiger partial charge in [0, 0.05) is 20.3 Å². The Hall–Kier alpha value is -0.870. The Kier molecular flexibility index (Phi) is 5.49. The molecule has 4 nitrogen and oxygen atoms in total. The van der Waals surface area contributed by atoms with Gasteiger partial charge in [-0.2, -0.15) is 5.10 Å². The molecule has 1 unspecified atom stereocenters. The van der Waals surface area contributed by atoms with E-state index in [4.69, 9.17) is 4.74 Å². The molecule has 0 radical (unpaired) electrons. The van der Waals surface area contributed by atoms with Crippen molar-refractivity contribution in [3.05, 3.63) is 17.5 Å². The summed E-state index contributed by atoms with van der Waals surface area (Å²) in [5.41, 5.74) is 1.97. The van der Waals surface area contributed by atoms with E-state index in [0.717, 1.165) is 37.2 Å². The van der Waals surface area contributed by atoms with Gasteiger partial charge >= 0.3 is 0 Å². The number of rotatable bonds is 7. The van der Waals surface area contributed by atoms with Gasteiger partial charge in [-0.05, 0) is 32.3 Å². The Balaban J connectivity index is 2.65. The van der Waals surface area contributed by atoms with Crippen LogP contribution in [-0.2, 0) is 17.7 Å². The van der Waals surface area contributed by atoms with Crippen molar-refractivity contribution in [2.45, 2.75) is 45.8 Å². The van der Waals surface area contributed by atoms with E-state index in [1.165, 1.54) is 0 Å². The van der Waals surface area contributed by atoms with Crippen LogP contribution in [0.15, 0.2) is 6.07 Å². The minimum Gasteiger partial charge on any atom is -0.387 e. The van der Waals surface area contributed by atoms with Gasteiger partial charge in [0.25, 0.3) is 0 Å². The minimum atomic E-state index is -0.428. The lowest BCUT2D eigenvalue weighted by Gasteiger charge is -2.11. The Morgan fingerprint density at radius 1 is 1.50 bits per heavy atom. The van der Waals surface area contributed by atoms with Crippen molar-refractivity contribution in [3.63, 3.8) is 0 Å². The zero-order chi connectivity index (χ0) is 12.0. The summed E-state index contributed by atoms with van der Waals surface area (Å²) < 4.78 is 6.86. The summed E-state index contributed by atoms with van der Waals surface area (Å²) in [6.07, 6.45) is 2.07. The molecule has 0 spiro atoms. The number of hydrogen-bond donors (Lipinski definition) is 1. The maximum atomic E-state index is 10.1. The highest BCUT2D eigenvalue weighted by molar-refractivity contribution is 5.13. The first-order valence-corrected chi connectivity index (χ1v) is 5.96. The number of aliphatic hydroxyl groups excluding tert-OH is 1. The first-order valence-electron chi connectivity index (χ1n) is 5.96. The van der Waals surface area contributed by atoms with Gasteiger partial charge in [-0.25, -0.2) is 0 Å². The van der Waals surface area contributed by atoms with Gasteiger partial charge in [-0.1, -0.05) is 6.92 Å². The fourth-order valence-electron chi connectivity index (χ4n) is 1.75. The summed E-state index contributed by atoms with van der Waals surface area (Å²) in [5, 5.41) is 14.5. The molecule has 0 aliphatic carbocycles. The Morgan fingerprint density at radius 3 is 2.81 bits per heavy atom. The van der Waals surface area contributed by atoms with Crippen molar-refractivity contribution in [3.8, 4) is 0 Å². The summed E-state index contributed by atoms with van der Waals surface area (Å²) in [7, 11) is 1.68. The third-order valence-electron chi connectivity index (χ3n) is 2.69. The highest BCUT2D eigenvalue weighted by Crippen LogP contribution is 2.19. The van der Waals surface area contributed by atoms with Crippen LogP contribution >= 0.6 is 0 Å². The van der Waals surface area contributed by atoms with Crippen LogP contribution < -0.4 is 0 Å². The molecule has 0 bridgehead atoms. The van der Waals surface area contributed by atoms with E-state index in [0.29, 0.717) is 6.61 Å². The third kappa shape index (κ3) is 3.32. The van der Waals surface area contributed by atoms with Gasteiger partial charge in [-0.15, -0.1) is 0 Å². The van der Waals surface area contributed by atoms with E-state index in [1.54, 1.807) is 7.11 Å². The van der Waals surface area contributed by atoms with Crippen molar-refractivity contribution in [2.24, 2.45) is 0 Å². The topological polar surface area (TPSA) is 47.3 Å². The molecule has 1 aromatic rings. The van der Waals surface area contributed by atoms with Gasteiger partial charge in [0.15, 0.2) is 0 Å². The second-order valence-corrected chi connectivity index (χ2v) is 3.88. The molecule has 0 amide bonds.